The van der Waals surface area contributed by atoms with Gasteiger partial charge >= 0.3 is 0 Å². The summed E-state index contributed by atoms with van der Waals surface area (Å²) < 4.78 is 0. The standard InChI is InChI=1S/4C13H9N2O4.4C4H9.4C2H6.4Y/c4*16-10-6-5-9(11(17)14-10)15-12(18)7-3-1-2-4-8(7)13(15)19;4*1-4(2)3;4*1-2;;;;/h2*1,3-4,9H,5-6H2,(H,14,16,17);2*1-3,9H,5-6H2,(H,14,16,17);4*1-3H3;4*1-2H3;;;;/q8*-1;;;;;;;;. The monoisotopic (exact) mass is 1730 g/mol. The summed E-state index contributed by atoms with van der Waals surface area (Å²) in [5.74, 6) is -2.38. The molecule has 4 atom stereocenters. The minimum Gasteiger partial charge on any atom is -0.327 e. The van der Waals surface area contributed by atoms with E-state index < -0.39 is 95.1 Å². The Bertz CT molecular complexity index is 3000. The van der Waals surface area contributed by atoms with E-state index in [0.29, 0.717) is 0 Å². The molecule has 4 radical (unpaired) electrons. The number of piperidine rings is 4. The van der Waals surface area contributed by atoms with E-state index >= 15 is 0 Å². The number of carbonyl (C=O) groups excluding carboxylic acids is 16. The van der Waals surface area contributed by atoms with Crippen molar-refractivity contribution in [3.05, 3.63) is 165 Å². The van der Waals surface area contributed by atoms with E-state index in [1.807, 2.05) is 55.4 Å². The molecule has 8 aliphatic rings. The first-order chi connectivity index (χ1) is 47.3. The van der Waals surface area contributed by atoms with Gasteiger partial charge in [0.15, 0.2) is 11.8 Å². The molecule has 0 aliphatic carbocycles. The molecule has 8 aliphatic heterocycles. The van der Waals surface area contributed by atoms with Crippen molar-refractivity contribution in [2.45, 2.75) is 214 Å². The predicted octanol–water partition coefficient (Wildman–Crippen LogP) is 10.1. The summed E-state index contributed by atoms with van der Waals surface area (Å²) in [7, 11) is 0. The smallest absolute Gasteiger partial charge is 0.249 e. The van der Waals surface area contributed by atoms with Gasteiger partial charge in [0.1, 0.15) is 24.2 Å². The van der Waals surface area contributed by atoms with Crippen molar-refractivity contribution in [3.8, 4) is 0 Å². The largest absolute Gasteiger partial charge is 0.327 e. The van der Waals surface area contributed by atoms with Crippen LogP contribution in [0.15, 0.2) is 72.8 Å². The summed E-state index contributed by atoms with van der Waals surface area (Å²) in [4.78, 5) is 192. The fourth-order valence-corrected chi connectivity index (χ4v) is 9.41. The van der Waals surface area contributed by atoms with Crippen LogP contribution in [0.4, 0.5) is 0 Å². The summed E-state index contributed by atoms with van der Waals surface area (Å²) in [5, 5.41) is 8.56. The van der Waals surface area contributed by atoms with Gasteiger partial charge in [0, 0.05) is 157 Å². The van der Waals surface area contributed by atoms with E-state index in [4.69, 9.17) is 0 Å². The van der Waals surface area contributed by atoms with Crippen LogP contribution in [0.2, 0.25) is 0 Å². The summed E-state index contributed by atoms with van der Waals surface area (Å²) in [6, 6.07) is 25.5. The summed E-state index contributed by atoms with van der Waals surface area (Å²) in [6.07, 6.45) is 1.14. The first kappa shape index (κ1) is 105. The van der Waals surface area contributed by atoms with Crippen molar-refractivity contribution >= 4 is 94.5 Å². The number of nitrogens with one attached hydrogen (secondary N) is 4. The molecule has 556 valence electrons. The van der Waals surface area contributed by atoms with Crippen LogP contribution in [0, 0.1) is 47.9 Å². The van der Waals surface area contributed by atoms with Gasteiger partial charge in [-0.15, -0.1) is 48.5 Å². The second-order valence-corrected chi connectivity index (χ2v) is 23.6. The van der Waals surface area contributed by atoms with Gasteiger partial charge in [0.25, 0.3) is 0 Å². The number of nitrogens with zero attached hydrogens (tertiary/aromatic N) is 4. The Balaban J connectivity index is -0.000000574. The van der Waals surface area contributed by atoms with E-state index in [1.165, 1.54) is 84.3 Å². The molecule has 4 saturated heterocycles. The van der Waals surface area contributed by atoms with Crippen LogP contribution in [-0.2, 0) is 169 Å². The van der Waals surface area contributed by atoms with Gasteiger partial charge in [-0.25, -0.2) is 0 Å². The van der Waals surface area contributed by atoms with Crippen LogP contribution in [0.25, 0.3) is 0 Å². The van der Waals surface area contributed by atoms with E-state index in [1.54, 1.807) is 12.1 Å². The average molecular weight is 1730 g/mol. The number of carbonyl (C=O) groups is 16. The van der Waals surface area contributed by atoms with Crippen molar-refractivity contribution in [2.24, 2.45) is 0 Å². The number of amides is 16. The van der Waals surface area contributed by atoms with E-state index in [2.05, 4.69) is 129 Å². The third kappa shape index (κ3) is 30.2. The van der Waals surface area contributed by atoms with Gasteiger partial charge < -0.3 is 43.1 Å². The van der Waals surface area contributed by atoms with E-state index in [0.717, 1.165) is 19.6 Å². The van der Waals surface area contributed by atoms with Crippen LogP contribution < -0.4 is 21.3 Å². The maximum absolute atomic E-state index is 12.2. The summed E-state index contributed by atoms with van der Waals surface area (Å²) in [6.45, 7) is 41.0. The SMILES string of the molecule is CC.CC.CC.CC.C[C-](C)C.C[C-](C)C.C[C-](C)C.C[C-](C)C.O=C1CCC(N2C(=O)c3[c-]cccc3C2=O)C(=O)N1.O=C1CCC(N2C(=O)c3[c-]cccc3C2=O)C(=O)N1.O=C1CCC(N2C(=O)c3c[c-]ccc3C2=O)C(=O)N1.O=C1CCC(N2C(=O)c3c[c-]ccc3C2=O)C(=O)N1.[Y].[Y].[Y].[Y]. The van der Waals surface area contributed by atoms with Gasteiger partial charge in [-0.1, -0.05) is 88.8 Å². The Hall–Kier alpha value is -5.58. The molecule has 0 aromatic heterocycles. The van der Waals surface area contributed by atoms with Crippen LogP contribution >= 0.6 is 0 Å². The Kier molecular flexibility index (Phi) is 53.6. The third-order valence-corrected chi connectivity index (χ3v) is 13.1. The number of hydrogen-bond acceptors (Lipinski definition) is 16. The van der Waals surface area contributed by atoms with Gasteiger partial charge in [-0.3, -0.25) is 98.2 Å². The Morgan fingerprint density at radius 2 is 0.500 bits per heavy atom. The first-order valence-corrected chi connectivity index (χ1v) is 33.3. The fourth-order valence-electron chi connectivity index (χ4n) is 9.41. The first-order valence-electron chi connectivity index (χ1n) is 33.3. The molecule has 4 unspecified atom stereocenters. The van der Waals surface area contributed by atoms with Gasteiger partial charge in [0.2, 0.25) is 82.7 Å². The fraction of sp³-hybridized carbons (Fsp3) is 0.421. The van der Waals surface area contributed by atoms with Gasteiger partial charge in [-0.2, -0.15) is 132 Å². The number of benzene rings is 4. The minimum atomic E-state index is -0.918. The van der Waals surface area contributed by atoms with Crippen molar-refractivity contribution in [1.29, 1.82) is 0 Å². The molecule has 4 aromatic carbocycles. The predicted molar refractivity (Wildman–Crippen MR) is 374 cm³/mol. The molecule has 8 heterocycles. The average Bonchev–Trinajstić information content (AvgIpc) is 1.64. The molecule has 0 saturated carbocycles. The molecule has 12 rings (SSSR count). The molecule has 28 heteroatoms. The molecule has 4 aromatic rings. The van der Waals surface area contributed by atoms with Crippen molar-refractivity contribution in [3.63, 3.8) is 0 Å². The van der Waals surface area contributed by atoms with Crippen molar-refractivity contribution in [2.75, 3.05) is 0 Å². The second-order valence-electron chi connectivity index (χ2n) is 23.6. The maximum Gasteiger partial charge on any atom is 0.249 e. The van der Waals surface area contributed by atoms with Gasteiger partial charge in [0.05, 0.1) is 0 Å². The summed E-state index contributed by atoms with van der Waals surface area (Å²) >= 11 is 0. The Labute approximate surface area is 714 Å². The second kappa shape index (κ2) is 53.2. The zero-order valence-electron chi connectivity index (χ0n) is 63.5. The topological polar surface area (TPSA) is 334 Å². The zero-order chi connectivity index (χ0) is 76.6. The quantitative estimate of drug-likeness (QED) is 0.109. The molecular formula is C76H96N8O16Y4-8. The molecule has 4 fully saturated rings. The Morgan fingerprint density at radius 1 is 0.298 bits per heavy atom. The minimum absolute atomic E-state index is 0. The molecule has 0 spiro atoms. The van der Waals surface area contributed by atoms with Crippen LogP contribution in [0.3, 0.4) is 0 Å². The molecule has 104 heavy (non-hydrogen) atoms. The number of fused-ring (bicyclic) bond motifs is 4. The van der Waals surface area contributed by atoms with Gasteiger partial charge in [-0.05, 0) is 36.8 Å². The summed E-state index contributed by atoms with van der Waals surface area (Å²) in [5.41, 5.74) is 1.89. The van der Waals surface area contributed by atoms with Crippen LogP contribution in [0.5, 0.6) is 0 Å². The van der Waals surface area contributed by atoms with Crippen molar-refractivity contribution < 1.29 is 208 Å². The molecule has 16 amide bonds. The number of rotatable bonds is 4. The molecule has 0 bridgehead atoms. The Morgan fingerprint density at radius 3 is 0.702 bits per heavy atom. The number of imide groups is 8. The van der Waals surface area contributed by atoms with Crippen LogP contribution in [-0.4, -0.2) is 138 Å². The molecular weight excluding hydrogens is 1640 g/mol. The van der Waals surface area contributed by atoms with Crippen LogP contribution in [0.1, 0.15) is 273 Å². The maximum atomic E-state index is 12.2. The normalized spacial score (nSPS) is 18.1. The van der Waals surface area contributed by atoms with E-state index in [-0.39, 0.29) is 250 Å². The zero-order valence-corrected chi connectivity index (χ0v) is 74.9. The van der Waals surface area contributed by atoms with E-state index in [9.17, 15) is 76.7 Å². The molecule has 4 N–H and O–H groups in total. The number of hydrogen-bond donors (Lipinski definition) is 4. The van der Waals surface area contributed by atoms with Crippen molar-refractivity contribution in [1.82, 2.24) is 40.9 Å². The molecule has 24 nitrogen and oxygen atoms in total. The third-order valence-electron chi connectivity index (χ3n) is 13.1.